The molecule has 1 saturated heterocycles. The molecule has 3 nitrogen and oxygen atoms in total. The second-order valence-corrected chi connectivity index (χ2v) is 4.93. The van der Waals surface area contributed by atoms with E-state index in [-0.39, 0.29) is 11.9 Å². The van der Waals surface area contributed by atoms with E-state index in [2.05, 4.69) is 10.3 Å². The molecule has 1 N–H and O–H groups in total. The molecule has 0 radical (unpaired) electrons. The minimum Gasteiger partial charge on any atom is -0.494 e. The molecule has 0 spiro atoms. The Morgan fingerprint density at radius 1 is 1.35 bits per heavy atom. The van der Waals surface area contributed by atoms with Gasteiger partial charge in [-0.1, -0.05) is 0 Å². The van der Waals surface area contributed by atoms with Crippen molar-refractivity contribution in [2.24, 2.45) is 0 Å². The second-order valence-electron chi connectivity index (χ2n) is 4.93. The van der Waals surface area contributed by atoms with E-state index in [0.29, 0.717) is 5.75 Å². The van der Waals surface area contributed by atoms with Gasteiger partial charge < -0.3 is 10.1 Å². The zero-order valence-corrected chi connectivity index (χ0v) is 11.4. The van der Waals surface area contributed by atoms with Gasteiger partial charge in [-0.3, -0.25) is 4.98 Å². The molecule has 0 saturated carbocycles. The number of aromatic nitrogens is 1. The number of halogens is 1. The fraction of sp³-hybridized carbons (Fsp3) is 0.312. The summed E-state index contributed by atoms with van der Waals surface area (Å²) in [7, 11) is 1.62. The maximum absolute atomic E-state index is 13.6. The molecule has 4 heteroatoms. The van der Waals surface area contributed by atoms with Crippen molar-refractivity contribution >= 4 is 0 Å². The second kappa shape index (κ2) is 5.59. The van der Waals surface area contributed by atoms with Crippen LogP contribution in [0.4, 0.5) is 4.39 Å². The predicted octanol–water partition coefficient (Wildman–Crippen LogP) is 3.32. The van der Waals surface area contributed by atoms with Gasteiger partial charge in [-0.2, -0.15) is 0 Å². The smallest absolute Gasteiger partial charge is 0.145 e. The number of nitrogens with zero attached hydrogens (tertiary/aromatic N) is 1. The Balaban J connectivity index is 2.12. The van der Waals surface area contributed by atoms with E-state index in [1.165, 1.54) is 6.07 Å². The third-order valence-electron chi connectivity index (χ3n) is 3.70. The summed E-state index contributed by atoms with van der Waals surface area (Å²) in [6, 6.07) is 8.76. The van der Waals surface area contributed by atoms with Crippen LogP contribution in [0, 0.1) is 5.82 Å². The number of methoxy groups -OCH3 is 1. The van der Waals surface area contributed by atoms with Crippen LogP contribution in [0.15, 0.2) is 36.5 Å². The lowest BCUT2D eigenvalue weighted by Crippen LogP contribution is -2.14. The third kappa shape index (κ3) is 2.39. The number of hydrogen-bond acceptors (Lipinski definition) is 3. The van der Waals surface area contributed by atoms with Gasteiger partial charge in [0.15, 0.2) is 0 Å². The minimum atomic E-state index is -0.215. The molecule has 1 aromatic heterocycles. The first-order valence-corrected chi connectivity index (χ1v) is 6.82. The van der Waals surface area contributed by atoms with E-state index in [1.807, 2.05) is 12.1 Å². The van der Waals surface area contributed by atoms with Gasteiger partial charge in [0.2, 0.25) is 0 Å². The molecule has 1 aliphatic heterocycles. The molecular weight excluding hydrogens is 255 g/mol. The van der Waals surface area contributed by atoms with Crippen LogP contribution in [0.5, 0.6) is 5.75 Å². The maximum atomic E-state index is 13.6. The average Bonchev–Trinajstić information content (AvgIpc) is 3.01. The SMILES string of the molecule is COc1cccnc1-c1ccc(F)cc1C1CCCN1. The lowest BCUT2D eigenvalue weighted by Gasteiger charge is -2.17. The van der Waals surface area contributed by atoms with E-state index < -0.39 is 0 Å². The Morgan fingerprint density at radius 2 is 2.25 bits per heavy atom. The number of pyridine rings is 1. The first-order valence-electron chi connectivity index (χ1n) is 6.82. The molecule has 3 rings (SSSR count). The molecule has 0 bridgehead atoms. The van der Waals surface area contributed by atoms with E-state index in [0.717, 1.165) is 36.2 Å². The zero-order chi connectivity index (χ0) is 13.9. The molecule has 20 heavy (non-hydrogen) atoms. The predicted molar refractivity (Wildman–Crippen MR) is 76.2 cm³/mol. The van der Waals surface area contributed by atoms with Crippen LogP contribution < -0.4 is 10.1 Å². The fourth-order valence-corrected chi connectivity index (χ4v) is 2.75. The Labute approximate surface area is 117 Å². The Bertz CT molecular complexity index is 609. The Morgan fingerprint density at radius 3 is 3.00 bits per heavy atom. The van der Waals surface area contributed by atoms with Crippen molar-refractivity contribution in [3.8, 4) is 17.0 Å². The van der Waals surface area contributed by atoms with Gasteiger partial charge in [0.05, 0.1) is 7.11 Å². The lowest BCUT2D eigenvalue weighted by molar-refractivity contribution is 0.414. The van der Waals surface area contributed by atoms with Gasteiger partial charge in [-0.15, -0.1) is 0 Å². The molecule has 1 unspecified atom stereocenters. The molecular formula is C16H17FN2O. The highest BCUT2D eigenvalue weighted by Crippen LogP contribution is 2.36. The van der Waals surface area contributed by atoms with E-state index in [1.54, 1.807) is 25.4 Å². The van der Waals surface area contributed by atoms with Crippen LogP contribution in [-0.2, 0) is 0 Å². The first-order chi connectivity index (χ1) is 9.79. The maximum Gasteiger partial charge on any atom is 0.145 e. The van der Waals surface area contributed by atoms with Crippen LogP contribution in [0.25, 0.3) is 11.3 Å². The summed E-state index contributed by atoms with van der Waals surface area (Å²) in [5.41, 5.74) is 2.65. The summed E-state index contributed by atoms with van der Waals surface area (Å²) >= 11 is 0. The normalized spacial score (nSPS) is 18.2. The van der Waals surface area contributed by atoms with Gasteiger partial charge in [-0.05, 0) is 55.3 Å². The van der Waals surface area contributed by atoms with E-state index >= 15 is 0 Å². The standard InChI is InChI=1S/C16H17FN2O/c1-20-15-5-3-9-19-16(15)12-7-6-11(17)10-13(12)14-4-2-8-18-14/h3,5-7,9-10,14,18H,2,4,8H2,1H3. The summed E-state index contributed by atoms with van der Waals surface area (Å²) in [6.07, 6.45) is 3.86. The van der Waals surface area contributed by atoms with Gasteiger partial charge >= 0.3 is 0 Å². The summed E-state index contributed by atoms with van der Waals surface area (Å²) in [4.78, 5) is 4.41. The highest BCUT2D eigenvalue weighted by Gasteiger charge is 2.22. The molecule has 1 aliphatic rings. The number of rotatable bonds is 3. The van der Waals surface area contributed by atoms with Gasteiger partial charge in [-0.25, -0.2) is 4.39 Å². The molecule has 1 atom stereocenters. The largest absolute Gasteiger partial charge is 0.494 e. The third-order valence-corrected chi connectivity index (χ3v) is 3.70. The Hall–Kier alpha value is -1.94. The van der Waals surface area contributed by atoms with Crippen LogP contribution >= 0.6 is 0 Å². The van der Waals surface area contributed by atoms with Gasteiger partial charge in [0, 0.05) is 17.8 Å². The first kappa shape index (κ1) is 13.1. The lowest BCUT2D eigenvalue weighted by atomic mass is 9.96. The summed E-state index contributed by atoms with van der Waals surface area (Å²) in [5, 5.41) is 3.41. The molecule has 0 aliphatic carbocycles. The average molecular weight is 272 g/mol. The van der Waals surface area contributed by atoms with Gasteiger partial charge in [0.25, 0.3) is 0 Å². The van der Waals surface area contributed by atoms with Crippen molar-refractivity contribution in [2.45, 2.75) is 18.9 Å². The van der Waals surface area contributed by atoms with Crippen molar-refractivity contribution in [2.75, 3.05) is 13.7 Å². The summed E-state index contributed by atoms with van der Waals surface area (Å²) < 4.78 is 19.0. The van der Waals surface area contributed by atoms with Crippen LogP contribution in [0.2, 0.25) is 0 Å². The van der Waals surface area contributed by atoms with E-state index in [9.17, 15) is 4.39 Å². The highest BCUT2D eigenvalue weighted by atomic mass is 19.1. The van der Waals surface area contributed by atoms with Crippen molar-refractivity contribution in [3.63, 3.8) is 0 Å². The van der Waals surface area contributed by atoms with Crippen molar-refractivity contribution < 1.29 is 9.13 Å². The van der Waals surface area contributed by atoms with Crippen molar-refractivity contribution in [3.05, 3.63) is 47.9 Å². The Kier molecular flexibility index (Phi) is 3.65. The number of nitrogens with one attached hydrogen (secondary N) is 1. The van der Waals surface area contributed by atoms with Crippen LogP contribution in [-0.4, -0.2) is 18.6 Å². The van der Waals surface area contributed by atoms with Crippen molar-refractivity contribution in [1.82, 2.24) is 10.3 Å². The van der Waals surface area contributed by atoms with Crippen LogP contribution in [0.1, 0.15) is 24.4 Å². The number of ether oxygens (including phenoxy) is 1. The quantitative estimate of drug-likeness (QED) is 0.930. The fourth-order valence-electron chi connectivity index (χ4n) is 2.75. The topological polar surface area (TPSA) is 34.1 Å². The van der Waals surface area contributed by atoms with Gasteiger partial charge in [0.1, 0.15) is 17.3 Å². The number of hydrogen-bond donors (Lipinski definition) is 1. The molecule has 1 fully saturated rings. The molecule has 2 heterocycles. The molecule has 104 valence electrons. The molecule has 1 aromatic carbocycles. The summed E-state index contributed by atoms with van der Waals surface area (Å²) in [6.45, 7) is 0.972. The number of benzene rings is 1. The monoisotopic (exact) mass is 272 g/mol. The van der Waals surface area contributed by atoms with Crippen LogP contribution in [0.3, 0.4) is 0 Å². The van der Waals surface area contributed by atoms with E-state index in [4.69, 9.17) is 4.74 Å². The molecule has 0 amide bonds. The zero-order valence-electron chi connectivity index (χ0n) is 11.4. The summed E-state index contributed by atoms with van der Waals surface area (Å²) in [5.74, 6) is 0.491. The molecule has 2 aromatic rings. The highest BCUT2D eigenvalue weighted by molar-refractivity contribution is 5.70. The van der Waals surface area contributed by atoms with Crippen molar-refractivity contribution in [1.29, 1.82) is 0 Å². The minimum absolute atomic E-state index is 0.187.